The first-order chi connectivity index (χ1) is 12.8. The van der Waals surface area contributed by atoms with Crippen molar-refractivity contribution in [2.45, 2.75) is 46.5 Å². The Morgan fingerprint density at radius 3 is 2.85 bits per heavy atom. The molecule has 2 heterocycles. The van der Waals surface area contributed by atoms with Gasteiger partial charge in [-0.3, -0.25) is 4.79 Å². The molecular weight excluding hydrogens is 344 g/mol. The number of aromatic nitrogens is 1. The molecule has 1 aromatic heterocycles. The maximum atomic E-state index is 13.1. The van der Waals surface area contributed by atoms with Gasteiger partial charge in [0.15, 0.2) is 17.3 Å². The summed E-state index contributed by atoms with van der Waals surface area (Å²) in [5.41, 5.74) is 3.94. The van der Waals surface area contributed by atoms with E-state index >= 15 is 0 Å². The number of carbonyl (C=O) groups is 1. The minimum atomic E-state index is -0.312. The Morgan fingerprint density at radius 1 is 1.37 bits per heavy atom. The molecule has 2 N–H and O–H groups in total. The van der Waals surface area contributed by atoms with Crippen molar-refractivity contribution in [3.8, 4) is 11.5 Å². The lowest BCUT2D eigenvalue weighted by atomic mass is 9.69. The molecule has 0 fully saturated rings. The molecule has 6 nitrogen and oxygen atoms in total. The number of anilines is 1. The molecule has 1 atom stereocenters. The first kappa shape index (κ1) is 17.6. The number of allylic oxidation sites excluding steroid dienone is 2. The van der Waals surface area contributed by atoms with Gasteiger partial charge >= 0.3 is 0 Å². The predicted molar refractivity (Wildman–Crippen MR) is 101 cm³/mol. The zero-order valence-corrected chi connectivity index (χ0v) is 16.0. The lowest BCUT2D eigenvalue weighted by Gasteiger charge is -2.37. The van der Waals surface area contributed by atoms with Crippen molar-refractivity contribution in [1.29, 1.82) is 0 Å². The van der Waals surface area contributed by atoms with E-state index < -0.39 is 0 Å². The number of aryl methyl sites for hydroxylation is 1. The van der Waals surface area contributed by atoms with Crippen molar-refractivity contribution < 1.29 is 19.2 Å². The van der Waals surface area contributed by atoms with Crippen LogP contribution in [-0.4, -0.2) is 22.7 Å². The number of phenolic OH excluding ortho intramolecular Hbond substituents is 1. The van der Waals surface area contributed by atoms with Gasteiger partial charge in [-0.1, -0.05) is 25.1 Å². The Hall–Kier alpha value is -2.76. The summed E-state index contributed by atoms with van der Waals surface area (Å²) < 4.78 is 10.9. The summed E-state index contributed by atoms with van der Waals surface area (Å²) in [6.07, 6.45) is 1.25. The lowest BCUT2D eigenvalue weighted by Crippen LogP contribution is -2.33. The molecule has 0 saturated heterocycles. The number of fused-ring (bicyclic) bond motifs is 1. The van der Waals surface area contributed by atoms with Crippen LogP contribution < -0.4 is 10.1 Å². The minimum Gasteiger partial charge on any atom is -0.504 e. The van der Waals surface area contributed by atoms with Gasteiger partial charge in [0, 0.05) is 23.6 Å². The van der Waals surface area contributed by atoms with Crippen LogP contribution in [0.15, 0.2) is 34.0 Å². The number of aromatic hydroxyl groups is 1. The summed E-state index contributed by atoms with van der Waals surface area (Å²) in [4.78, 5) is 13.1. The van der Waals surface area contributed by atoms with Gasteiger partial charge in [-0.15, -0.1) is 0 Å². The summed E-state index contributed by atoms with van der Waals surface area (Å²) in [5, 5.41) is 17.8. The number of hydrogen-bond donors (Lipinski definition) is 2. The number of nitrogens with one attached hydrogen (secondary N) is 1. The standard InChI is InChI=1S/C21H24N2O4/c1-5-26-16-7-6-12(8-14(16)24)18-17-11(2)23-27-20(17)22-13-9-21(3,4)10-15(25)19(13)18/h6-8,18,22,24H,5,9-10H2,1-4H3. The van der Waals surface area contributed by atoms with Gasteiger partial charge in [-0.25, -0.2) is 0 Å². The minimum absolute atomic E-state index is 0.0641. The largest absolute Gasteiger partial charge is 0.504 e. The molecule has 0 amide bonds. The molecule has 2 aliphatic rings. The average molecular weight is 368 g/mol. The normalized spacial score (nSPS) is 20.7. The molecule has 142 valence electrons. The smallest absolute Gasteiger partial charge is 0.233 e. The van der Waals surface area contributed by atoms with Crippen LogP contribution in [0.3, 0.4) is 0 Å². The number of benzene rings is 1. The van der Waals surface area contributed by atoms with Crippen LogP contribution in [-0.2, 0) is 4.79 Å². The van der Waals surface area contributed by atoms with Gasteiger partial charge in [-0.05, 0) is 43.4 Å². The third-order valence-electron chi connectivity index (χ3n) is 5.29. The fraction of sp³-hybridized carbons (Fsp3) is 0.429. The Bertz CT molecular complexity index is 955. The van der Waals surface area contributed by atoms with E-state index in [0.717, 1.165) is 34.5 Å². The molecule has 1 aliphatic heterocycles. The summed E-state index contributed by atoms with van der Waals surface area (Å²) in [7, 11) is 0. The molecule has 4 rings (SSSR count). The first-order valence-corrected chi connectivity index (χ1v) is 9.26. The molecule has 1 unspecified atom stereocenters. The lowest BCUT2D eigenvalue weighted by molar-refractivity contribution is -0.118. The van der Waals surface area contributed by atoms with E-state index in [2.05, 4.69) is 24.3 Å². The van der Waals surface area contributed by atoms with Crippen molar-refractivity contribution in [2.24, 2.45) is 5.41 Å². The van der Waals surface area contributed by atoms with E-state index in [9.17, 15) is 9.90 Å². The van der Waals surface area contributed by atoms with Crippen molar-refractivity contribution >= 4 is 11.7 Å². The van der Waals surface area contributed by atoms with Crippen molar-refractivity contribution in [2.75, 3.05) is 11.9 Å². The van der Waals surface area contributed by atoms with Gasteiger partial charge < -0.3 is 19.7 Å². The van der Waals surface area contributed by atoms with Crippen molar-refractivity contribution in [3.05, 3.63) is 46.3 Å². The molecule has 0 bridgehead atoms. The van der Waals surface area contributed by atoms with E-state index in [-0.39, 0.29) is 22.9 Å². The molecular formula is C21H24N2O4. The van der Waals surface area contributed by atoms with Gasteiger partial charge in [0.2, 0.25) is 5.88 Å². The number of nitrogens with zero attached hydrogens (tertiary/aromatic N) is 1. The van der Waals surface area contributed by atoms with Crippen LogP contribution in [0.2, 0.25) is 0 Å². The van der Waals surface area contributed by atoms with Gasteiger partial charge in [-0.2, -0.15) is 0 Å². The van der Waals surface area contributed by atoms with Crippen LogP contribution in [0.5, 0.6) is 11.5 Å². The fourth-order valence-corrected chi connectivity index (χ4v) is 4.19. The van der Waals surface area contributed by atoms with Crippen molar-refractivity contribution in [1.82, 2.24) is 5.16 Å². The number of phenols is 1. The fourth-order valence-electron chi connectivity index (χ4n) is 4.19. The number of ketones is 1. The van der Waals surface area contributed by atoms with E-state index in [1.807, 2.05) is 19.9 Å². The van der Waals surface area contributed by atoms with Crippen LogP contribution in [0.1, 0.15) is 56.4 Å². The third-order valence-corrected chi connectivity index (χ3v) is 5.29. The summed E-state index contributed by atoms with van der Waals surface area (Å²) in [6, 6.07) is 5.32. The third kappa shape index (κ3) is 2.89. The van der Waals surface area contributed by atoms with Crippen LogP contribution in [0, 0.1) is 12.3 Å². The summed E-state index contributed by atoms with van der Waals surface area (Å²) in [5.74, 6) is 0.887. The first-order valence-electron chi connectivity index (χ1n) is 9.26. The summed E-state index contributed by atoms with van der Waals surface area (Å²) in [6.45, 7) is 8.39. The van der Waals surface area contributed by atoms with E-state index in [0.29, 0.717) is 24.7 Å². The molecule has 27 heavy (non-hydrogen) atoms. The Kier molecular flexibility index (Phi) is 4.02. The quantitative estimate of drug-likeness (QED) is 0.841. The topological polar surface area (TPSA) is 84.6 Å². The molecule has 0 radical (unpaired) electrons. The second kappa shape index (κ2) is 6.15. The molecule has 0 saturated carbocycles. The molecule has 1 aliphatic carbocycles. The maximum absolute atomic E-state index is 13.1. The van der Waals surface area contributed by atoms with Crippen molar-refractivity contribution in [3.63, 3.8) is 0 Å². The zero-order valence-electron chi connectivity index (χ0n) is 16.0. The number of ether oxygens (including phenoxy) is 1. The average Bonchev–Trinajstić information content (AvgIpc) is 2.95. The van der Waals surface area contributed by atoms with Gasteiger partial charge in [0.05, 0.1) is 17.9 Å². The highest BCUT2D eigenvalue weighted by atomic mass is 16.5. The number of rotatable bonds is 3. The van der Waals surface area contributed by atoms with Gasteiger partial charge in [0.25, 0.3) is 0 Å². The number of Topliss-reactive ketones (excluding diaryl/α,β-unsaturated/α-hetero) is 1. The molecule has 6 heteroatoms. The predicted octanol–water partition coefficient (Wildman–Crippen LogP) is 4.29. The van der Waals surface area contributed by atoms with Gasteiger partial charge in [0.1, 0.15) is 0 Å². The second-order valence-electron chi connectivity index (χ2n) is 8.06. The highest BCUT2D eigenvalue weighted by Crippen LogP contribution is 2.50. The molecule has 1 aromatic carbocycles. The number of hydrogen-bond acceptors (Lipinski definition) is 6. The SMILES string of the molecule is CCOc1ccc(C2C3=C(CC(C)(C)CC3=O)Nc3onc(C)c32)cc1O. The van der Waals surface area contributed by atoms with E-state index in [1.54, 1.807) is 12.1 Å². The highest BCUT2D eigenvalue weighted by Gasteiger charge is 2.43. The molecule has 0 spiro atoms. The Labute approximate surface area is 158 Å². The Morgan fingerprint density at radius 2 is 2.15 bits per heavy atom. The van der Waals surface area contributed by atoms with Crippen LogP contribution in [0.25, 0.3) is 0 Å². The zero-order chi connectivity index (χ0) is 19.3. The number of carbonyl (C=O) groups excluding carboxylic acids is 1. The second-order valence-corrected chi connectivity index (χ2v) is 8.06. The van der Waals surface area contributed by atoms with E-state index in [1.165, 1.54) is 0 Å². The Balaban J connectivity index is 1.88. The summed E-state index contributed by atoms with van der Waals surface area (Å²) >= 11 is 0. The highest BCUT2D eigenvalue weighted by molar-refractivity contribution is 6.01. The maximum Gasteiger partial charge on any atom is 0.233 e. The monoisotopic (exact) mass is 368 g/mol. The van der Waals surface area contributed by atoms with Crippen LogP contribution in [0.4, 0.5) is 5.88 Å². The molecule has 2 aromatic rings. The van der Waals surface area contributed by atoms with E-state index in [4.69, 9.17) is 9.26 Å². The van der Waals surface area contributed by atoms with Crippen LogP contribution >= 0.6 is 0 Å².